The van der Waals surface area contributed by atoms with Gasteiger partial charge in [-0.3, -0.25) is 4.79 Å². The van der Waals surface area contributed by atoms with Gasteiger partial charge in [-0.25, -0.2) is 9.50 Å². The highest BCUT2D eigenvalue weighted by molar-refractivity contribution is 5.77. The predicted molar refractivity (Wildman–Crippen MR) is 92.5 cm³/mol. The Hall–Kier alpha value is -2.16. The van der Waals surface area contributed by atoms with Crippen LogP contribution in [0.3, 0.4) is 0 Å². The Morgan fingerprint density at radius 1 is 1.30 bits per heavy atom. The molecule has 1 saturated heterocycles. The van der Waals surface area contributed by atoms with Crippen molar-refractivity contribution in [2.24, 2.45) is 0 Å². The molecule has 1 aliphatic rings. The summed E-state index contributed by atoms with van der Waals surface area (Å²) in [7, 11) is 1.47. The molecule has 1 amide bonds. The van der Waals surface area contributed by atoms with E-state index in [1.165, 1.54) is 7.11 Å². The van der Waals surface area contributed by atoms with Crippen molar-refractivity contribution in [2.75, 3.05) is 26.8 Å². The van der Waals surface area contributed by atoms with Crippen LogP contribution in [0, 0.1) is 0 Å². The van der Waals surface area contributed by atoms with Crippen LogP contribution in [0.2, 0.25) is 0 Å². The van der Waals surface area contributed by atoms with Crippen molar-refractivity contribution < 1.29 is 22.7 Å². The molecule has 0 aliphatic carbocycles. The fraction of sp³-hybridized carbons (Fsp3) is 0.611. The van der Waals surface area contributed by atoms with Gasteiger partial charge in [-0.1, -0.05) is 13.8 Å². The number of hydrogen-bond donors (Lipinski definition) is 0. The second-order valence-corrected chi connectivity index (χ2v) is 7.15. The van der Waals surface area contributed by atoms with Crippen LogP contribution in [0.25, 0.3) is 5.65 Å². The Labute approximate surface area is 155 Å². The minimum absolute atomic E-state index is 0.00174. The average molecular weight is 384 g/mol. The molecule has 27 heavy (non-hydrogen) atoms. The van der Waals surface area contributed by atoms with Crippen molar-refractivity contribution in [3.63, 3.8) is 0 Å². The van der Waals surface area contributed by atoms with Crippen LogP contribution in [0.5, 0.6) is 0 Å². The van der Waals surface area contributed by atoms with Gasteiger partial charge in [-0.05, 0) is 24.8 Å². The molecular weight excluding hydrogens is 361 g/mol. The first-order valence-corrected chi connectivity index (χ1v) is 8.95. The minimum atomic E-state index is -4.51. The SMILES string of the molecule is COCC(=O)N1CCC(c2cc3nc(C(C)C)cc(C(F)(F)F)n3n2)CC1. The molecule has 0 radical (unpaired) electrons. The quantitative estimate of drug-likeness (QED) is 0.812. The van der Waals surface area contributed by atoms with Crippen molar-refractivity contribution >= 4 is 11.6 Å². The van der Waals surface area contributed by atoms with Crippen LogP contribution in [0.15, 0.2) is 12.1 Å². The van der Waals surface area contributed by atoms with Gasteiger partial charge in [0.05, 0.1) is 5.69 Å². The van der Waals surface area contributed by atoms with Crippen molar-refractivity contribution in [3.05, 3.63) is 29.2 Å². The Bertz CT molecular complexity index is 824. The first-order valence-electron chi connectivity index (χ1n) is 8.95. The van der Waals surface area contributed by atoms with Gasteiger partial charge in [0.2, 0.25) is 5.91 Å². The van der Waals surface area contributed by atoms with Crippen LogP contribution in [-0.2, 0) is 15.7 Å². The number of carbonyl (C=O) groups is 1. The first-order chi connectivity index (χ1) is 12.7. The molecule has 0 spiro atoms. The third kappa shape index (κ3) is 4.07. The highest BCUT2D eigenvalue weighted by atomic mass is 19.4. The number of aromatic nitrogens is 3. The summed E-state index contributed by atoms with van der Waals surface area (Å²) in [5, 5.41) is 4.22. The number of hydrogen-bond acceptors (Lipinski definition) is 4. The smallest absolute Gasteiger partial charge is 0.375 e. The highest BCUT2D eigenvalue weighted by Crippen LogP contribution is 2.33. The second-order valence-electron chi connectivity index (χ2n) is 7.15. The van der Waals surface area contributed by atoms with E-state index in [9.17, 15) is 18.0 Å². The molecule has 0 aromatic carbocycles. The molecule has 9 heteroatoms. The van der Waals surface area contributed by atoms with Gasteiger partial charge >= 0.3 is 6.18 Å². The lowest BCUT2D eigenvalue weighted by Gasteiger charge is -2.31. The highest BCUT2D eigenvalue weighted by Gasteiger charge is 2.36. The molecule has 2 aromatic heterocycles. The molecule has 6 nitrogen and oxygen atoms in total. The zero-order valence-corrected chi connectivity index (χ0v) is 15.6. The van der Waals surface area contributed by atoms with E-state index in [0.717, 1.165) is 10.6 Å². The minimum Gasteiger partial charge on any atom is -0.375 e. The van der Waals surface area contributed by atoms with Crippen LogP contribution in [0.4, 0.5) is 13.2 Å². The summed E-state index contributed by atoms with van der Waals surface area (Å²) in [6.07, 6.45) is -3.21. The van der Waals surface area contributed by atoms with Crippen LogP contribution < -0.4 is 0 Å². The summed E-state index contributed by atoms with van der Waals surface area (Å²) in [5.74, 6) is -0.195. The van der Waals surface area contributed by atoms with E-state index in [2.05, 4.69) is 10.1 Å². The number of piperidine rings is 1. The average Bonchev–Trinajstić information content (AvgIpc) is 3.04. The third-order valence-corrected chi connectivity index (χ3v) is 4.88. The van der Waals surface area contributed by atoms with Crippen molar-refractivity contribution in [1.29, 1.82) is 0 Å². The molecule has 0 atom stereocenters. The third-order valence-electron chi connectivity index (χ3n) is 4.88. The fourth-order valence-electron chi connectivity index (χ4n) is 3.35. The molecule has 3 rings (SSSR count). The first kappa shape index (κ1) is 19.6. The monoisotopic (exact) mass is 384 g/mol. The Morgan fingerprint density at radius 3 is 2.52 bits per heavy atom. The molecule has 1 aliphatic heterocycles. The van der Waals surface area contributed by atoms with E-state index >= 15 is 0 Å². The number of methoxy groups -OCH3 is 1. The van der Waals surface area contributed by atoms with E-state index in [4.69, 9.17) is 4.74 Å². The van der Waals surface area contributed by atoms with Crippen molar-refractivity contribution in [2.45, 2.75) is 44.7 Å². The molecule has 1 fully saturated rings. The molecule has 2 aromatic rings. The van der Waals surface area contributed by atoms with Gasteiger partial charge in [0.25, 0.3) is 0 Å². The number of halogens is 3. The van der Waals surface area contributed by atoms with Crippen LogP contribution >= 0.6 is 0 Å². The second kappa shape index (κ2) is 7.46. The molecule has 3 heterocycles. The maximum atomic E-state index is 13.5. The van der Waals surface area contributed by atoms with Gasteiger partial charge < -0.3 is 9.64 Å². The van der Waals surface area contributed by atoms with Gasteiger partial charge in [-0.2, -0.15) is 18.3 Å². The molecule has 148 valence electrons. The van der Waals surface area contributed by atoms with Gasteiger partial charge in [0.15, 0.2) is 5.65 Å². The Morgan fingerprint density at radius 2 is 1.96 bits per heavy atom. The van der Waals surface area contributed by atoms with Crippen LogP contribution in [0.1, 0.15) is 55.6 Å². The largest absolute Gasteiger partial charge is 0.433 e. The Kier molecular flexibility index (Phi) is 5.41. The summed E-state index contributed by atoms with van der Waals surface area (Å²) >= 11 is 0. The number of carbonyl (C=O) groups excluding carboxylic acids is 1. The van der Waals surface area contributed by atoms with E-state index in [0.29, 0.717) is 37.3 Å². The summed E-state index contributed by atoms with van der Waals surface area (Å²) in [4.78, 5) is 18.0. The summed E-state index contributed by atoms with van der Waals surface area (Å²) in [6, 6.07) is 2.71. The number of likely N-dealkylation sites (tertiary alicyclic amines) is 1. The number of alkyl halides is 3. The lowest BCUT2D eigenvalue weighted by molar-refractivity contribution is -0.142. The molecule has 0 unspecified atom stereocenters. The molecule has 0 bridgehead atoms. The summed E-state index contributed by atoms with van der Waals surface area (Å²) in [5.41, 5.74) is 0.380. The summed E-state index contributed by atoms with van der Waals surface area (Å²) < 4.78 is 46.2. The van der Waals surface area contributed by atoms with E-state index in [1.54, 1.807) is 11.0 Å². The fourth-order valence-corrected chi connectivity index (χ4v) is 3.35. The number of fused-ring (bicyclic) bond motifs is 1. The maximum Gasteiger partial charge on any atom is 0.433 e. The molecular formula is C18H23F3N4O2. The topological polar surface area (TPSA) is 59.7 Å². The standard InChI is InChI=1S/C18H23F3N4O2/c1-11(2)13-8-15(18(19,20)21)25-16(22-13)9-14(23-25)12-4-6-24(7-5-12)17(26)10-27-3/h8-9,11-12H,4-7,10H2,1-3H3. The van der Waals surface area contributed by atoms with E-state index in [1.807, 2.05) is 13.8 Å². The predicted octanol–water partition coefficient (Wildman–Crippen LogP) is 3.22. The van der Waals surface area contributed by atoms with Gasteiger partial charge in [-0.15, -0.1) is 0 Å². The maximum absolute atomic E-state index is 13.5. The van der Waals surface area contributed by atoms with Crippen molar-refractivity contribution in [3.8, 4) is 0 Å². The van der Waals surface area contributed by atoms with Crippen molar-refractivity contribution in [1.82, 2.24) is 19.5 Å². The lowest BCUT2D eigenvalue weighted by Crippen LogP contribution is -2.39. The van der Waals surface area contributed by atoms with Crippen LogP contribution in [-0.4, -0.2) is 52.2 Å². The van der Waals surface area contributed by atoms with Gasteiger partial charge in [0, 0.05) is 37.9 Å². The zero-order valence-electron chi connectivity index (χ0n) is 15.6. The van der Waals surface area contributed by atoms with E-state index < -0.39 is 11.9 Å². The summed E-state index contributed by atoms with van der Waals surface area (Å²) in [6.45, 7) is 4.73. The number of rotatable bonds is 4. The normalized spacial score (nSPS) is 16.5. The number of amides is 1. The lowest BCUT2D eigenvalue weighted by atomic mass is 9.93. The Balaban J connectivity index is 1.88. The molecule has 0 saturated carbocycles. The van der Waals surface area contributed by atoms with E-state index in [-0.39, 0.29) is 30.0 Å². The number of ether oxygens (including phenoxy) is 1. The van der Waals surface area contributed by atoms with Gasteiger partial charge in [0.1, 0.15) is 12.3 Å². The zero-order chi connectivity index (χ0) is 19.8. The molecule has 0 N–H and O–H groups in total. The number of nitrogens with zero attached hydrogens (tertiary/aromatic N) is 4.